The Balaban J connectivity index is 1.65. The van der Waals surface area contributed by atoms with Gasteiger partial charge in [0.05, 0.1) is 6.04 Å². The third-order valence-electron chi connectivity index (χ3n) is 3.34. The molecule has 0 aromatic carbocycles. The van der Waals surface area contributed by atoms with Gasteiger partial charge in [0.15, 0.2) is 0 Å². The molecule has 2 aliphatic rings. The highest BCUT2D eigenvalue weighted by Crippen LogP contribution is 2.20. The van der Waals surface area contributed by atoms with Gasteiger partial charge in [-0.1, -0.05) is 0 Å². The Labute approximate surface area is 109 Å². The molecular formula is C13H24N2O3. The van der Waals surface area contributed by atoms with E-state index in [2.05, 4.69) is 10.2 Å². The van der Waals surface area contributed by atoms with E-state index in [-0.39, 0.29) is 12.1 Å². The third-order valence-corrected chi connectivity index (χ3v) is 3.34. The fourth-order valence-electron chi connectivity index (χ4n) is 2.43. The van der Waals surface area contributed by atoms with E-state index in [9.17, 15) is 4.79 Å². The molecule has 104 valence electrons. The molecule has 0 radical (unpaired) electrons. The first-order valence-corrected chi connectivity index (χ1v) is 6.75. The summed E-state index contributed by atoms with van der Waals surface area (Å²) < 4.78 is 10.6. The standard InChI is InChI=1S/C13H24N2O3/c1-13(2,3)18-12(16)14-10-8-15(9-10)11-4-6-17-7-5-11/h10-11H,4-9H2,1-3H3,(H,14,16). The molecule has 0 aliphatic carbocycles. The van der Waals surface area contributed by atoms with Crippen molar-refractivity contribution < 1.29 is 14.3 Å². The number of carbonyl (C=O) groups is 1. The molecule has 0 atom stereocenters. The molecule has 1 N–H and O–H groups in total. The molecule has 5 nitrogen and oxygen atoms in total. The minimum atomic E-state index is -0.422. The zero-order chi connectivity index (χ0) is 13.2. The fraction of sp³-hybridized carbons (Fsp3) is 0.923. The minimum absolute atomic E-state index is 0.239. The van der Waals surface area contributed by atoms with Gasteiger partial charge in [0, 0.05) is 32.3 Å². The van der Waals surface area contributed by atoms with Crippen LogP contribution in [-0.4, -0.2) is 55.0 Å². The van der Waals surface area contributed by atoms with Gasteiger partial charge in [-0.25, -0.2) is 4.79 Å². The average molecular weight is 256 g/mol. The second-order valence-corrected chi connectivity index (χ2v) is 6.14. The van der Waals surface area contributed by atoms with Gasteiger partial charge < -0.3 is 14.8 Å². The summed E-state index contributed by atoms with van der Waals surface area (Å²) in [6, 6.07) is 0.873. The molecule has 0 aromatic rings. The minimum Gasteiger partial charge on any atom is -0.444 e. The number of hydrogen-bond acceptors (Lipinski definition) is 4. The van der Waals surface area contributed by atoms with Gasteiger partial charge in [-0.05, 0) is 33.6 Å². The maximum Gasteiger partial charge on any atom is 0.407 e. The molecular weight excluding hydrogens is 232 g/mol. The Morgan fingerprint density at radius 2 is 1.89 bits per heavy atom. The summed E-state index contributed by atoms with van der Waals surface area (Å²) in [6.45, 7) is 9.23. The maximum atomic E-state index is 11.6. The number of carbonyl (C=O) groups excluding carboxylic acids is 1. The molecule has 0 aromatic heterocycles. The van der Waals surface area contributed by atoms with Crippen LogP contribution in [0.1, 0.15) is 33.6 Å². The van der Waals surface area contributed by atoms with Crippen molar-refractivity contribution in [2.75, 3.05) is 26.3 Å². The fourth-order valence-corrected chi connectivity index (χ4v) is 2.43. The summed E-state index contributed by atoms with van der Waals surface area (Å²) in [4.78, 5) is 14.0. The van der Waals surface area contributed by atoms with Gasteiger partial charge >= 0.3 is 6.09 Å². The Morgan fingerprint density at radius 3 is 2.44 bits per heavy atom. The normalized spacial score (nSPS) is 23.5. The predicted molar refractivity (Wildman–Crippen MR) is 68.6 cm³/mol. The molecule has 0 bridgehead atoms. The summed E-state index contributed by atoms with van der Waals surface area (Å²) in [5.41, 5.74) is -0.422. The number of alkyl carbamates (subject to hydrolysis) is 1. The molecule has 0 saturated carbocycles. The highest BCUT2D eigenvalue weighted by molar-refractivity contribution is 5.68. The lowest BCUT2D eigenvalue weighted by Crippen LogP contribution is -2.63. The number of likely N-dealkylation sites (tertiary alicyclic amines) is 1. The average Bonchev–Trinajstić information content (AvgIpc) is 2.21. The molecule has 2 heterocycles. The van der Waals surface area contributed by atoms with Crippen LogP contribution in [0.5, 0.6) is 0 Å². The van der Waals surface area contributed by atoms with E-state index in [0.29, 0.717) is 6.04 Å². The maximum absolute atomic E-state index is 11.6. The van der Waals surface area contributed by atoms with Crippen molar-refractivity contribution in [3.63, 3.8) is 0 Å². The van der Waals surface area contributed by atoms with E-state index in [1.165, 1.54) is 0 Å². The Bertz CT molecular complexity index is 289. The number of nitrogens with zero attached hydrogens (tertiary/aromatic N) is 1. The second-order valence-electron chi connectivity index (χ2n) is 6.14. The van der Waals surface area contributed by atoms with E-state index in [1.807, 2.05) is 20.8 Å². The van der Waals surface area contributed by atoms with Crippen LogP contribution in [0.3, 0.4) is 0 Å². The number of amides is 1. The SMILES string of the molecule is CC(C)(C)OC(=O)NC1CN(C2CCOCC2)C1. The molecule has 0 unspecified atom stereocenters. The Kier molecular flexibility index (Phi) is 4.12. The van der Waals surface area contributed by atoms with E-state index in [0.717, 1.165) is 39.1 Å². The zero-order valence-corrected chi connectivity index (χ0v) is 11.6. The van der Waals surface area contributed by atoms with Crippen LogP contribution in [0.15, 0.2) is 0 Å². The van der Waals surface area contributed by atoms with E-state index < -0.39 is 5.60 Å². The lowest BCUT2D eigenvalue weighted by atomic mass is 10.00. The van der Waals surface area contributed by atoms with Gasteiger partial charge in [0.2, 0.25) is 0 Å². The highest BCUT2D eigenvalue weighted by atomic mass is 16.6. The van der Waals surface area contributed by atoms with Crippen LogP contribution in [0.25, 0.3) is 0 Å². The molecule has 5 heteroatoms. The Morgan fingerprint density at radius 1 is 1.28 bits per heavy atom. The molecule has 18 heavy (non-hydrogen) atoms. The van der Waals surface area contributed by atoms with Crippen LogP contribution < -0.4 is 5.32 Å². The van der Waals surface area contributed by atoms with Crippen molar-refractivity contribution in [1.29, 1.82) is 0 Å². The van der Waals surface area contributed by atoms with Gasteiger partial charge in [-0.2, -0.15) is 0 Å². The molecule has 2 fully saturated rings. The van der Waals surface area contributed by atoms with Crippen molar-refractivity contribution in [3.05, 3.63) is 0 Å². The van der Waals surface area contributed by atoms with Gasteiger partial charge in [-0.3, -0.25) is 4.90 Å². The smallest absolute Gasteiger partial charge is 0.407 e. The summed E-state index contributed by atoms with van der Waals surface area (Å²) in [7, 11) is 0. The predicted octanol–water partition coefficient (Wildman–Crippen LogP) is 1.37. The monoisotopic (exact) mass is 256 g/mol. The first-order valence-electron chi connectivity index (χ1n) is 6.75. The Hall–Kier alpha value is -0.810. The zero-order valence-electron chi connectivity index (χ0n) is 11.6. The van der Waals surface area contributed by atoms with E-state index in [4.69, 9.17) is 9.47 Å². The summed E-state index contributed by atoms with van der Waals surface area (Å²) in [5.74, 6) is 0. The van der Waals surface area contributed by atoms with Crippen LogP contribution >= 0.6 is 0 Å². The lowest BCUT2D eigenvalue weighted by molar-refractivity contribution is -0.00805. The summed E-state index contributed by atoms with van der Waals surface area (Å²) in [6.07, 6.45) is 1.91. The topological polar surface area (TPSA) is 50.8 Å². The first kappa shape index (κ1) is 13.6. The van der Waals surface area contributed by atoms with Gasteiger partial charge in [0.25, 0.3) is 0 Å². The van der Waals surface area contributed by atoms with Crippen LogP contribution in [0.4, 0.5) is 4.79 Å². The largest absolute Gasteiger partial charge is 0.444 e. The molecule has 2 rings (SSSR count). The molecule has 0 spiro atoms. The van der Waals surface area contributed by atoms with Gasteiger partial charge in [-0.15, -0.1) is 0 Å². The number of nitrogens with one attached hydrogen (secondary N) is 1. The third kappa shape index (κ3) is 3.85. The van der Waals surface area contributed by atoms with Crippen LogP contribution in [0, 0.1) is 0 Å². The quantitative estimate of drug-likeness (QED) is 0.811. The number of ether oxygens (including phenoxy) is 2. The van der Waals surface area contributed by atoms with Crippen molar-refractivity contribution in [2.24, 2.45) is 0 Å². The van der Waals surface area contributed by atoms with Crippen molar-refractivity contribution in [1.82, 2.24) is 10.2 Å². The van der Waals surface area contributed by atoms with E-state index >= 15 is 0 Å². The first-order chi connectivity index (χ1) is 8.44. The van der Waals surface area contributed by atoms with Crippen molar-refractivity contribution in [3.8, 4) is 0 Å². The second kappa shape index (κ2) is 5.45. The number of hydrogen-bond donors (Lipinski definition) is 1. The summed E-state index contributed by atoms with van der Waals surface area (Å²) >= 11 is 0. The summed E-state index contributed by atoms with van der Waals surface area (Å²) in [5, 5.41) is 2.91. The lowest BCUT2D eigenvalue weighted by Gasteiger charge is -2.45. The van der Waals surface area contributed by atoms with Crippen molar-refractivity contribution in [2.45, 2.75) is 51.3 Å². The highest BCUT2D eigenvalue weighted by Gasteiger charge is 2.34. The van der Waals surface area contributed by atoms with Crippen LogP contribution in [0.2, 0.25) is 0 Å². The molecule has 2 saturated heterocycles. The molecule has 2 aliphatic heterocycles. The number of rotatable bonds is 2. The van der Waals surface area contributed by atoms with Crippen LogP contribution in [-0.2, 0) is 9.47 Å². The van der Waals surface area contributed by atoms with Gasteiger partial charge in [0.1, 0.15) is 5.60 Å². The van der Waals surface area contributed by atoms with E-state index in [1.54, 1.807) is 0 Å². The molecule has 1 amide bonds. The van der Waals surface area contributed by atoms with Crippen molar-refractivity contribution >= 4 is 6.09 Å².